The van der Waals surface area contributed by atoms with Crippen LogP contribution in [0.2, 0.25) is 0 Å². The quantitative estimate of drug-likeness (QED) is 0.357. The molecule has 3 nitrogen and oxygen atoms in total. The molecule has 1 fully saturated rings. The van der Waals surface area contributed by atoms with E-state index in [0.29, 0.717) is 6.04 Å². The van der Waals surface area contributed by atoms with Crippen molar-refractivity contribution < 1.29 is 0 Å². The second kappa shape index (κ2) is 12.9. The SMILES string of the molecule is c1ccc(Nc2ccc(Nc3ccc(NC4CCCCCCCCCCC4)cc3)cc2)cc1. The number of nitrogens with one attached hydrogen (secondary N) is 3. The number of hydrogen-bond acceptors (Lipinski definition) is 3. The maximum Gasteiger partial charge on any atom is 0.0385 e. The van der Waals surface area contributed by atoms with Gasteiger partial charge in [0.05, 0.1) is 0 Å². The van der Waals surface area contributed by atoms with Crippen molar-refractivity contribution in [2.24, 2.45) is 0 Å². The number of para-hydroxylation sites is 1. The summed E-state index contributed by atoms with van der Waals surface area (Å²) in [7, 11) is 0. The molecule has 0 amide bonds. The van der Waals surface area contributed by atoms with Gasteiger partial charge in [-0.2, -0.15) is 0 Å². The molecule has 1 aliphatic rings. The molecule has 1 saturated carbocycles. The van der Waals surface area contributed by atoms with Crippen LogP contribution in [0.3, 0.4) is 0 Å². The lowest BCUT2D eigenvalue weighted by molar-refractivity contribution is 0.480. The minimum absolute atomic E-state index is 0.605. The van der Waals surface area contributed by atoms with Crippen LogP contribution in [0.25, 0.3) is 0 Å². The van der Waals surface area contributed by atoms with Crippen LogP contribution < -0.4 is 16.0 Å². The summed E-state index contributed by atoms with van der Waals surface area (Å²) in [5.74, 6) is 0. The van der Waals surface area contributed by atoms with Crippen molar-refractivity contribution in [3.05, 3.63) is 78.9 Å². The van der Waals surface area contributed by atoms with Gasteiger partial charge in [0.2, 0.25) is 0 Å². The van der Waals surface area contributed by atoms with Gasteiger partial charge in [-0.1, -0.05) is 76.0 Å². The van der Waals surface area contributed by atoms with Crippen LogP contribution in [-0.4, -0.2) is 6.04 Å². The third kappa shape index (κ3) is 8.16. The molecule has 3 heteroatoms. The lowest BCUT2D eigenvalue weighted by atomic mass is 9.98. The maximum absolute atomic E-state index is 3.82. The van der Waals surface area contributed by atoms with E-state index in [0.717, 1.165) is 22.7 Å². The fourth-order valence-corrected chi connectivity index (χ4v) is 4.68. The second-order valence-electron chi connectivity index (χ2n) is 9.37. The molecule has 0 atom stereocenters. The Labute approximate surface area is 200 Å². The molecule has 33 heavy (non-hydrogen) atoms. The van der Waals surface area contributed by atoms with Gasteiger partial charge in [-0.05, 0) is 73.5 Å². The molecular formula is C30H39N3. The lowest BCUT2D eigenvalue weighted by Crippen LogP contribution is -2.19. The first kappa shape index (κ1) is 23.2. The van der Waals surface area contributed by atoms with Gasteiger partial charge in [0.15, 0.2) is 0 Å². The average molecular weight is 442 g/mol. The fraction of sp³-hybridized carbons (Fsp3) is 0.400. The van der Waals surface area contributed by atoms with Crippen molar-refractivity contribution in [3.63, 3.8) is 0 Å². The van der Waals surface area contributed by atoms with Gasteiger partial charge in [-0.15, -0.1) is 0 Å². The monoisotopic (exact) mass is 441 g/mol. The molecule has 0 aromatic heterocycles. The largest absolute Gasteiger partial charge is 0.382 e. The van der Waals surface area contributed by atoms with E-state index in [1.54, 1.807) is 0 Å². The Morgan fingerprint density at radius 1 is 0.394 bits per heavy atom. The third-order valence-electron chi connectivity index (χ3n) is 6.60. The van der Waals surface area contributed by atoms with Crippen molar-refractivity contribution in [2.75, 3.05) is 16.0 Å². The normalized spacial score (nSPS) is 16.2. The molecule has 3 aromatic rings. The van der Waals surface area contributed by atoms with Crippen molar-refractivity contribution in [3.8, 4) is 0 Å². The van der Waals surface area contributed by atoms with Gasteiger partial charge in [0.25, 0.3) is 0 Å². The van der Waals surface area contributed by atoms with Crippen LogP contribution in [0.15, 0.2) is 78.9 Å². The predicted molar refractivity (Wildman–Crippen MR) is 144 cm³/mol. The maximum atomic E-state index is 3.82. The summed E-state index contributed by atoms with van der Waals surface area (Å²) in [5.41, 5.74) is 5.63. The van der Waals surface area contributed by atoms with Gasteiger partial charge < -0.3 is 16.0 Å². The van der Waals surface area contributed by atoms with Crippen molar-refractivity contribution in [1.82, 2.24) is 0 Å². The first-order valence-electron chi connectivity index (χ1n) is 12.9. The number of rotatable bonds is 6. The van der Waals surface area contributed by atoms with Crippen LogP contribution in [0.1, 0.15) is 70.6 Å². The fourth-order valence-electron chi connectivity index (χ4n) is 4.68. The highest BCUT2D eigenvalue weighted by molar-refractivity contribution is 5.67. The van der Waals surface area contributed by atoms with Gasteiger partial charge in [-0.3, -0.25) is 0 Å². The Morgan fingerprint density at radius 3 is 1.21 bits per heavy atom. The Balaban J connectivity index is 1.28. The van der Waals surface area contributed by atoms with E-state index in [1.165, 1.54) is 76.3 Å². The van der Waals surface area contributed by atoms with E-state index in [2.05, 4.69) is 76.6 Å². The number of benzene rings is 3. The molecule has 0 spiro atoms. The Bertz CT molecular complexity index is 907. The second-order valence-corrected chi connectivity index (χ2v) is 9.37. The van der Waals surface area contributed by atoms with Crippen molar-refractivity contribution in [2.45, 2.75) is 76.7 Å². The molecule has 0 bridgehead atoms. The Morgan fingerprint density at radius 2 is 0.758 bits per heavy atom. The van der Waals surface area contributed by atoms with E-state index >= 15 is 0 Å². The van der Waals surface area contributed by atoms with Gasteiger partial charge in [0.1, 0.15) is 0 Å². The molecule has 0 aliphatic heterocycles. The van der Waals surface area contributed by atoms with Crippen LogP contribution in [0.4, 0.5) is 28.4 Å². The van der Waals surface area contributed by atoms with Crippen molar-refractivity contribution in [1.29, 1.82) is 0 Å². The highest BCUT2D eigenvalue weighted by Gasteiger charge is 2.09. The van der Waals surface area contributed by atoms with Crippen molar-refractivity contribution >= 4 is 28.4 Å². The summed E-state index contributed by atoms with van der Waals surface area (Å²) in [6.07, 6.45) is 15.2. The summed E-state index contributed by atoms with van der Waals surface area (Å²) in [5, 5.41) is 10.8. The minimum atomic E-state index is 0.605. The minimum Gasteiger partial charge on any atom is -0.382 e. The zero-order valence-electron chi connectivity index (χ0n) is 19.9. The van der Waals surface area contributed by atoms with Gasteiger partial charge >= 0.3 is 0 Å². The Hall–Kier alpha value is -2.94. The number of anilines is 5. The van der Waals surface area contributed by atoms with Crippen LogP contribution in [-0.2, 0) is 0 Å². The van der Waals surface area contributed by atoms with Crippen LogP contribution >= 0.6 is 0 Å². The molecule has 3 aromatic carbocycles. The highest BCUT2D eigenvalue weighted by atomic mass is 14.9. The molecular weight excluding hydrogens is 402 g/mol. The van der Waals surface area contributed by atoms with E-state index < -0.39 is 0 Å². The zero-order chi connectivity index (χ0) is 22.6. The molecule has 0 heterocycles. The molecule has 0 unspecified atom stereocenters. The number of hydrogen-bond donors (Lipinski definition) is 3. The summed E-state index contributed by atoms with van der Waals surface area (Å²) in [4.78, 5) is 0. The standard InChI is InChI=1S/C30H39N3/c1-2-4-6-9-13-25(14-10-7-5-3-1)31-27-17-21-29(22-18-27)33-30-23-19-28(20-24-30)32-26-15-11-8-12-16-26/h8,11-12,15-25,31-33H,1-7,9-10,13-14H2. The van der Waals surface area contributed by atoms with Gasteiger partial charge in [0, 0.05) is 34.5 Å². The van der Waals surface area contributed by atoms with Crippen LogP contribution in [0, 0.1) is 0 Å². The molecule has 3 N–H and O–H groups in total. The average Bonchev–Trinajstić information content (AvgIpc) is 2.84. The molecule has 0 saturated heterocycles. The van der Waals surface area contributed by atoms with E-state index in [-0.39, 0.29) is 0 Å². The molecule has 1 aliphatic carbocycles. The molecule has 0 radical (unpaired) electrons. The molecule has 4 rings (SSSR count). The smallest absolute Gasteiger partial charge is 0.0385 e. The molecule has 174 valence electrons. The van der Waals surface area contributed by atoms with E-state index in [4.69, 9.17) is 0 Å². The summed E-state index contributed by atoms with van der Waals surface area (Å²) in [6, 6.07) is 28.1. The highest BCUT2D eigenvalue weighted by Crippen LogP contribution is 2.24. The summed E-state index contributed by atoms with van der Waals surface area (Å²) < 4.78 is 0. The van der Waals surface area contributed by atoms with Gasteiger partial charge in [-0.25, -0.2) is 0 Å². The predicted octanol–water partition coefficient (Wildman–Crippen LogP) is 9.26. The van der Waals surface area contributed by atoms with Crippen LogP contribution in [0.5, 0.6) is 0 Å². The first-order valence-corrected chi connectivity index (χ1v) is 12.9. The first-order chi connectivity index (χ1) is 16.3. The topological polar surface area (TPSA) is 36.1 Å². The Kier molecular flexibility index (Phi) is 9.10. The summed E-state index contributed by atoms with van der Waals surface area (Å²) >= 11 is 0. The summed E-state index contributed by atoms with van der Waals surface area (Å²) in [6.45, 7) is 0. The zero-order valence-corrected chi connectivity index (χ0v) is 19.9. The third-order valence-corrected chi connectivity index (χ3v) is 6.60. The lowest BCUT2D eigenvalue weighted by Gasteiger charge is -2.21. The van der Waals surface area contributed by atoms with E-state index in [1.807, 2.05) is 18.2 Å². The van der Waals surface area contributed by atoms with E-state index in [9.17, 15) is 0 Å².